The van der Waals surface area contributed by atoms with Gasteiger partial charge in [0, 0.05) is 32.5 Å². The summed E-state index contributed by atoms with van der Waals surface area (Å²) in [5.41, 5.74) is 1.36. The number of likely N-dealkylation sites (tertiary alicyclic amines) is 1. The maximum absolute atomic E-state index is 12.0. The summed E-state index contributed by atoms with van der Waals surface area (Å²) >= 11 is 0. The van der Waals surface area contributed by atoms with Gasteiger partial charge in [0.15, 0.2) is 0 Å². The van der Waals surface area contributed by atoms with Gasteiger partial charge in [0.1, 0.15) is 5.76 Å². The number of aryl methyl sites for hydroxylation is 1. The van der Waals surface area contributed by atoms with E-state index in [4.69, 9.17) is 4.42 Å². The molecule has 2 heterocycles. The minimum Gasteiger partial charge on any atom is -0.469 e. The number of rotatable bonds is 7. The van der Waals surface area contributed by atoms with Gasteiger partial charge in [0.2, 0.25) is 5.91 Å². The third-order valence-electron chi connectivity index (χ3n) is 4.62. The van der Waals surface area contributed by atoms with Crippen LogP contribution < -0.4 is 5.32 Å². The number of nitrogens with one attached hydrogen (secondary N) is 1. The standard InChI is InChI=1S/C20H26N2O2/c23-20(11-10-19-9-5-13-24-19)21-14-18-8-4-12-22(16-18)15-17-6-2-1-3-7-17/h1-3,5-7,9,13,18H,4,8,10-12,14-16H2,(H,21,23)/t18-/m1/s1. The van der Waals surface area contributed by atoms with Crippen LogP contribution in [0.25, 0.3) is 0 Å². The first-order valence-corrected chi connectivity index (χ1v) is 8.85. The lowest BCUT2D eigenvalue weighted by atomic mass is 9.97. The van der Waals surface area contributed by atoms with Crippen LogP contribution in [0.1, 0.15) is 30.6 Å². The second kappa shape index (κ2) is 8.69. The number of nitrogens with zero attached hydrogens (tertiary/aromatic N) is 1. The molecule has 0 spiro atoms. The molecule has 1 aliphatic heterocycles. The van der Waals surface area contributed by atoms with Gasteiger partial charge in [0.25, 0.3) is 0 Å². The largest absolute Gasteiger partial charge is 0.469 e. The van der Waals surface area contributed by atoms with E-state index in [0.29, 0.717) is 18.8 Å². The molecule has 0 aliphatic carbocycles. The summed E-state index contributed by atoms with van der Waals surface area (Å²) in [5.74, 6) is 1.54. The van der Waals surface area contributed by atoms with Crippen molar-refractivity contribution in [3.63, 3.8) is 0 Å². The molecule has 1 N–H and O–H groups in total. The third-order valence-corrected chi connectivity index (χ3v) is 4.62. The van der Waals surface area contributed by atoms with Gasteiger partial charge in [-0.3, -0.25) is 9.69 Å². The summed E-state index contributed by atoms with van der Waals surface area (Å²) < 4.78 is 5.26. The highest BCUT2D eigenvalue weighted by molar-refractivity contribution is 5.76. The normalized spacial score (nSPS) is 18.4. The predicted octanol–water partition coefficient (Wildman–Crippen LogP) is 3.24. The van der Waals surface area contributed by atoms with Crippen LogP contribution in [0.5, 0.6) is 0 Å². The van der Waals surface area contributed by atoms with Crippen LogP contribution in [0.4, 0.5) is 0 Å². The van der Waals surface area contributed by atoms with Crippen molar-refractivity contribution in [2.45, 2.75) is 32.2 Å². The molecule has 0 unspecified atom stereocenters. The summed E-state index contributed by atoms with van der Waals surface area (Å²) in [4.78, 5) is 14.5. The molecule has 0 saturated carbocycles. The van der Waals surface area contributed by atoms with E-state index in [0.717, 1.165) is 31.9 Å². The van der Waals surface area contributed by atoms with Gasteiger partial charge in [-0.15, -0.1) is 0 Å². The highest BCUT2D eigenvalue weighted by Gasteiger charge is 2.20. The molecule has 3 rings (SSSR count). The quantitative estimate of drug-likeness (QED) is 0.849. The zero-order valence-electron chi connectivity index (χ0n) is 14.1. The van der Waals surface area contributed by atoms with Crippen LogP contribution in [0, 0.1) is 5.92 Å². The molecule has 1 aromatic carbocycles. The Hall–Kier alpha value is -2.07. The lowest BCUT2D eigenvalue weighted by molar-refractivity contribution is -0.121. The molecule has 1 fully saturated rings. The van der Waals surface area contributed by atoms with Gasteiger partial charge in [-0.2, -0.15) is 0 Å². The lowest BCUT2D eigenvalue weighted by Crippen LogP contribution is -2.40. The first kappa shape index (κ1) is 16.8. The predicted molar refractivity (Wildman–Crippen MR) is 94.5 cm³/mol. The Morgan fingerprint density at radius 2 is 2.08 bits per heavy atom. The van der Waals surface area contributed by atoms with Crippen molar-refractivity contribution >= 4 is 5.91 Å². The number of carbonyl (C=O) groups excluding carboxylic acids is 1. The first-order valence-electron chi connectivity index (χ1n) is 8.85. The maximum Gasteiger partial charge on any atom is 0.220 e. The molecule has 0 radical (unpaired) electrons. The fourth-order valence-corrected chi connectivity index (χ4v) is 3.34. The highest BCUT2D eigenvalue weighted by atomic mass is 16.3. The fraction of sp³-hybridized carbons (Fsp3) is 0.450. The molecule has 4 nitrogen and oxygen atoms in total. The molecule has 24 heavy (non-hydrogen) atoms. The number of hydrogen-bond donors (Lipinski definition) is 1. The number of hydrogen-bond acceptors (Lipinski definition) is 3. The van der Waals surface area contributed by atoms with Crippen molar-refractivity contribution < 1.29 is 9.21 Å². The van der Waals surface area contributed by atoms with Gasteiger partial charge < -0.3 is 9.73 Å². The second-order valence-corrected chi connectivity index (χ2v) is 6.61. The minimum atomic E-state index is 0.117. The van der Waals surface area contributed by atoms with Crippen molar-refractivity contribution in [3.8, 4) is 0 Å². The van der Waals surface area contributed by atoms with Crippen molar-refractivity contribution in [3.05, 3.63) is 60.1 Å². The number of carbonyl (C=O) groups is 1. The van der Waals surface area contributed by atoms with Crippen LogP contribution in [0.2, 0.25) is 0 Å². The van der Waals surface area contributed by atoms with Gasteiger partial charge in [-0.25, -0.2) is 0 Å². The Morgan fingerprint density at radius 1 is 1.21 bits per heavy atom. The van der Waals surface area contributed by atoms with E-state index in [-0.39, 0.29) is 5.91 Å². The maximum atomic E-state index is 12.0. The van der Waals surface area contributed by atoms with Gasteiger partial charge in [-0.05, 0) is 43.0 Å². The summed E-state index contributed by atoms with van der Waals surface area (Å²) in [6, 6.07) is 14.4. The van der Waals surface area contributed by atoms with Gasteiger partial charge >= 0.3 is 0 Å². The number of benzene rings is 1. The average molecular weight is 326 g/mol. The molecule has 1 aromatic heterocycles. The molecule has 1 aliphatic rings. The van der Waals surface area contributed by atoms with Crippen molar-refractivity contribution in [2.75, 3.05) is 19.6 Å². The van der Waals surface area contributed by atoms with E-state index < -0.39 is 0 Å². The van der Waals surface area contributed by atoms with Crippen LogP contribution in [0.15, 0.2) is 53.1 Å². The molecule has 2 aromatic rings. The first-order chi connectivity index (χ1) is 11.8. The monoisotopic (exact) mass is 326 g/mol. The lowest BCUT2D eigenvalue weighted by Gasteiger charge is -2.32. The Balaban J connectivity index is 1.38. The van der Waals surface area contributed by atoms with E-state index >= 15 is 0 Å². The van der Waals surface area contributed by atoms with E-state index in [1.54, 1.807) is 6.26 Å². The molecule has 0 bridgehead atoms. The van der Waals surface area contributed by atoms with Crippen LogP contribution in [-0.2, 0) is 17.8 Å². The number of piperidine rings is 1. The average Bonchev–Trinajstić information content (AvgIpc) is 3.13. The Morgan fingerprint density at radius 3 is 2.88 bits per heavy atom. The summed E-state index contributed by atoms with van der Waals surface area (Å²) in [6.45, 7) is 4.00. The van der Waals surface area contributed by atoms with E-state index in [9.17, 15) is 4.79 Å². The van der Waals surface area contributed by atoms with Crippen molar-refractivity contribution in [1.29, 1.82) is 0 Å². The van der Waals surface area contributed by atoms with Crippen molar-refractivity contribution in [2.24, 2.45) is 5.92 Å². The smallest absolute Gasteiger partial charge is 0.220 e. The molecule has 1 saturated heterocycles. The van der Waals surface area contributed by atoms with Gasteiger partial charge in [-0.1, -0.05) is 30.3 Å². The minimum absolute atomic E-state index is 0.117. The molecule has 128 valence electrons. The molecular formula is C20H26N2O2. The third kappa shape index (κ3) is 5.24. The highest BCUT2D eigenvalue weighted by Crippen LogP contribution is 2.18. The molecular weight excluding hydrogens is 300 g/mol. The Bertz CT molecular complexity index is 610. The number of amides is 1. The Kier molecular flexibility index (Phi) is 6.07. The van der Waals surface area contributed by atoms with Crippen LogP contribution in [-0.4, -0.2) is 30.4 Å². The molecule has 1 atom stereocenters. The SMILES string of the molecule is O=C(CCc1ccco1)NC[C@H]1CCCN(Cc2ccccc2)C1. The topological polar surface area (TPSA) is 45.5 Å². The second-order valence-electron chi connectivity index (χ2n) is 6.61. The van der Waals surface area contributed by atoms with Crippen molar-refractivity contribution in [1.82, 2.24) is 10.2 Å². The van der Waals surface area contributed by atoms with Crippen LogP contribution >= 0.6 is 0 Å². The van der Waals surface area contributed by atoms with E-state index in [1.807, 2.05) is 12.1 Å². The molecule has 4 heteroatoms. The van der Waals surface area contributed by atoms with E-state index in [2.05, 4.69) is 40.5 Å². The zero-order valence-corrected chi connectivity index (χ0v) is 14.1. The zero-order chi connectivity index (χ0) is 16.6. The van der Waals surface area contributed by atoms with E-state index in [1.165, 1.54) is 18.4 Å². The van der Waals surface area contributed by atoms with Crippen LogP contribution in [0.3, 0.4) is 0 Å². The summed E-state index contributed by atoms with van der Waals surface area (Å²) in [6.07, 6.45) is 5.22. The molecule has 1 amide bonds. The van der Waals surface area contributed by atoms with Gasteiger partial charge in [0.05, 0.1) is 6.26 Å². The fourth-order valence-electron chi connectivity index (χ4n) is 3.34. The summed E-state index contributed by atoms with van der Waals surface area (Å²) in [5, 5.41) is 3.09. The Labute approximate surface area is 143 Å². The summed E-state index contributed by atoms with van der Waals surface area (Å²) in [7, 11) is 0. The number of furan rings is 1.